The van der Waals surface area contributed by atoms with Crippen LogP contribution in [0.15, 0.2) is 41.0 Å². The Hall–Kier alpha value is -2.08. The Balaban J connectivity index is 2.29. The average molecular weight is 351 g/mol. The summed E-state index contributed by atoms with van der Waals surface area (Å²) in [6.07, 6.45) is 1.84. The second-order valence-electron chi connectivity index (χ2n) is 4.85. The monoisotopic (exact) mass is 350 g/mol. The van der Waals surface area contributed by atoms with Gasteiger partial charge in [-0.3, -0.25) is 4.79 Å². The average Bonchev–Trinajstić information content (AvgIpc) is 2.90. The highest BCUT2D eigenvalue weighted by Gasteiger charge is 2.15. The van der Waals surface area contributed by atoms with Gasteiger partial charge < -0.3 is 15.0 Å². The van der Waals surface area contributed by atoms with Crippen LogP contribution in [0.25, 0.3) is 0 Å². The minimum Gasteiger partial charge on any atom is -0.478 e. The number of carboxylic acids is 1. The van der Waals surface area contributed by atoms with Gasteiger partial charge in [0.1, 0.15) is 5.69 Å². The van der Waals surface area contributed by atoms with E-state index in [4.69, 9.17) is 5.11 Å². The molecule has 2 aromatic rings. The molecule has 0 bridgehead atoms. The van der Waals surface area contributed by atoms with Crippen molar-refractivity contribution in [2.75, 3.05) is 5.32 Å². The molecular weight excluding hydrogens is 336 g/mol. The van der Waals surface area contributed by atoms with Crippen LogP contribution in [-0.4, -0.2) is 21.6 Å². The number of carbonyl (C=O) groups excluding carboxylic acids is 1. The molecule has 6 heteroatoms. The topological polar surface area (TPSA) is 71.3 Å². The number of hydrogen-bond donors (Lipinski definition) is 2. The number of nitrogens with zero attached hydrogens (tertiary/aromatic N) is 1. The third-order valence-electron chi connectivity index (χ3n) is 3.03. The van der Waals surface area contributed by atoms with E-state index in [1.165, 1.54) is 12.1 Å². The van der Waals surface area contributed by atoms with Gasteiger partial charge in [-0.15, -0.1) is 0 Å². The molecule has 0 radical (unpaired) electrons. The lowest BCUT2D eigenvalue weighted by molar-refractivity contribution is 0.0696. The minimum atomic E-state index is -1.04. The number of aromatic carboxylic acids is 1. The van der Waals surface area contributed by atoms with E-state index >= 15 is 0 Å². The molecule has 0 aliphatic heterocycles. The van der Waals surface area contributed by atoms with Crippen molar-refractivity contribution in [3.8, 4) is 0 Å². The highest BCUT2D eigenvalue weighted by molar-refractivity contribution is 9.10. The SMILES string of the molecule is CC(C)n1cccc1C(=O)Nc1cc(C(=O)O)ccc1Br. The Morgan fingerprint density at radius 2 is 2.00 bits per heavy atom. The molecule has 1 heterocycles. The molecule has 1 aromatic carbocycles. The highest BCUT2D eigenvalue weighted by atomic mass is 79.9. The molecule has 0 spiro atoms. The van der Waals surface area contributed by atoms with E-state index < -0.39 is 5.97 Å². The predicted octanol–water partition coefficient (Wildman–Crippen LogP) is 3.78. The van der Waals surface area contributed by atoms with Crippen molar-refractivity contribution in [3.63, 3.8) is 0 Å². The number of benzene rings is 1. The molecule has 0 aliphatic rings. The number of carbonyl (C=O) groups is 2. The second-order valence-corrected chi connectivity index (χ2v) is 5.70. The number of aromatic nitrogens is 1. The maximum Gasteiger partial charge on any atom is 0.335 e. The van der Waals surface area contributed by atoms with Gasteiger partial charge >= 0.3 is 5.97 Å². The fourth-order valence-corrected chi connectivity index (χ4v) is 2.32. The first-order valence-electron chi connectivity index (χ1n) is 6.41. The minimum absolute atomic E-state index is 0.118. The van der Waals surface area contributed by atoms with Gasteiger partial charge in [0.25, 0.3) is 5.91 Å². The lowest BCUT2D eigenvalue weighted by Crippen LogP contribution is -2.18. The van der Waals surface area contributed by atoms with Gasteiger partial charge in [0, 0.05) is 16.7 Å². The Labute approximate surface area is 130 Å². The number of rotatable bonds is 4. The lowest BCUT2D eigenvalue weighted by atomic mass is 10.2. The van der Waals surface area contributed by atoms with Gasteiger partial charge in [-0.05, 0) is 60.1 Å². The van der Waals surface area contributed by atoms with E-state index in [1.807, 2.05) is 24.6 Å². The summed E-state index contributed by atoms with van der Waals surface area (Å²) >= 11 is 3.30. The largest absolute Gasteiger partial charge is 0.478 e. The number of halogens is 1. The number of hydrogen-bond acceptors (Lipinski definition) is 2. The zero-order chi connectivity index (χ0) is 15.6. The van der Waals surface area contributed by atoms with E-state index in [9.17, 15) is 9.59 Å². The number of anilines is 1. The van der Waals surface area contributed by atoms with Crippen LogP contribution in [0.5, 0.6) is 0 Å². The lowest BCUT2D eigenvalue weighted by Gasteiger charge is -2.13. The quantitative estimate of drug-likeness (QED) is 0.881. The zero-order valence-corrected chi connectivity index (χ0v) is 13.2. The van der Waals surface area contributed by atoms with E-state index in [0.717, 1.165) is 0 Å². The van der Waals surface area contributed by atoms with Crippen molar-refractivity contribution in [2.45, 2.75) is 19.9 Å². The summed E-state index contributed by atoms with van der Waals surface area (Å²) in [4.78, 5) is 23.3. The normalized spacial score (nSPS) is 10.7. The van der Waals surface area contributed by atoms with E-state index in [1.54, 1.807) is 18.2 Å². The molecule has 5 nitrogen and oxygen atoms in total. The molecule has 21 heavy (non-hydrogen) atoms. The molecule has 0 fully saturated rings. The van der Waals surface area contributed by atoms with Crippen molar-refractivity contribution in [3.05, 3.63) is 52.3 Å². The first-order chi connectivity index (χ1) is 9.90. The van der Waals surface area contributed by atoms with Gasteiger partial charge in [-0.25, -0.2) is 4.79 Å². The molecule has 0 atom stereocenters. The van der Waals surface area contributed by atoms with E-state index in [2.05, 4.69) is 21.2 Å². The van der Waals surface area contributed by atoms with Crippen molar-refractivity contribution in [2.24, 2.45) is 0 Å². The first kappa shape index (κ1) is 15.3. The van der Waals surface area contributed by atoms with E-state index in [-0.39, 0.29) is 17.5 Å². The van der Waals surface area contributed by atoms with Crippen LogP contribution in [0.2, 0.25) is 0 Å². The summed E-state index contributed by atoms with van der Waals surface area (Å²) < 4.78 is 2.48. The van der Waals surface area contributed by atoms with Crippen LogP contribution in [0.3, 0.4) is 0 Å². The van der Waals surface area contributed by atoms with E-state index in [0.29, 0.717) is 15.9 Å². The summed E-state index contributed by atoms with van der Waals surface area (Å²) in [5.74, 6) is -1.32. The number of amides is 1. The first-order valence-corrected chi connectivity index (χ1v) is 7.20. The van der Waals surface area contributed by atoms with Crippen LogP contribution in [0, 0.1) is 0 Å². The Bertz CT molecular complexity index is 692. The second kappa shape index (κ2) is 6.13. The van der Waals surface area contributed by atoms with Crippen molar-refractivity contribution in [1.29, 1.82) is 0 Å². The van der Waals surface area contributed by atoms with Crippen molar-refractivity contribution in [1.82, 2.24) is 4.57 Å². The molecule has 2 rings (SSSR count). The van der Waals surface area contributed by atoms with Crippen LogP contribution in [-0.2, 0) is 0 Å². The van der Waals surface area contributed by atoms with Gasteiger partial charge in [-0.1, -0.05) is 0 Å². The molecule has 0 saturated heterocycles. The van der Waals surface area contributed by atoms with Crippen LogP contribution in [0.1, 0.15) is 40.7 Å². The molecule has 0 saturated carbocycles. The van der Waals surface area contributed by atoms with Gasteiger partial charge in [0.15, 0.2) is 0 Å². The molecule has 2 N–H and O–H groups in total. The molecule has 1 amide bonds. The smallest absolute Gasteiger partial charge is 0.335 e. The van der Waals surface area contributed by atoms with Gasteiger partial charge in [-0.2, -0.15) is 0 Å². The standard InChI is InChI=1S/C15H15BrN2O3/c1-9(2)18-7-3-4-13(18)14(19)17-12-8-10(15(20)21)5-6-11(12)16/h3-9H,1-2H3,(H,17,19)(H,20,21). The number of carboxylic acid groups (broad SMARTS) is 1. The molecule has 0 aliphatic carbocycles. The maximum absolute atomic E-state index is 12.3. The third kappa shape index (κ3) is 3.33. The number of nitrogens with one attached hydrogen (secondary N) is 1. The van der Waals surface area contributed by atoms with Gasteiger partial charge in [0.2, 0.25) is 0 Å². The summed E-state index contributed by atoms with van der Waals surface area (Å²) in [5, 5.41) is 11.7. The zero-order valence-electron chi connectivity index (χ0n) is 11.6. The van der Waals surface area contributed by atoms with Gasteiger partial charge in [0.05, 0.1) is 11.3 Å². The Morgan fingerprint density at radius 1 is 1.29 bits per heavy atom. The fraction of sp³-hybridized carbons (Fsp3) is 0.200. The van der Waals surface area contributed by atoms with Crippen molar-refractivity contribution >= 4 is 33.5 Å². The summed E-state index contributed by atoms with van der Waals surface area (Å²) in [7, 11) is 0. The highest BCUT2D eigenvalue weighted by Crippen LogP contribution is 2.24. The third-order valence-corrected chi connectivity index (χ3v) is 3.72. The summed E-state index contributed by atoms with van der Waals surface area (Å²) in [6, 6.07) is 8.18. The molecule has 1 aromatic heterocycles. The van der Waals surface area contributed by atoms with Crippen LogP contribution < -0.4 is 5.32 Å². The summed E-state index contributed by atoms with van der Waals surface area (Å²) in [6.45, 7) is 3.97. The predicted molar refractivity (Wildman–Crippen MR) is 83.9 cm³/mol. The molecule has 0 unspecified atom stereocenters. The molecular formula is C15H15BrN2O3. The maximum atomic E-state index is 12.3. The Kier molecular flexibility index (Phi) is 4.47. The summed E-state index contributed by atoms with van der Waals surface area (Å²) in [5.41, 5.74) is 1.07. The molecule has 110 valence electrons. The van der Waals surface area contributed by atoms with Crippen LogP contribution >= 0.6 is 15.9 Å². The fourth-order valence-electron chi connectivity index (χ4n) is 1.98. The van der Waals surface area contributed by atoms with Crippen LogP contribution in [0.4, 0.5) is 5.69 Å². The van der Waals surface area contributed by atoms with Crippen molar-refractivity contribution < 1.29 is 14.7 Å². The Morgan fingerprint density at radius 3 is 2.62 bits per heavy atom.